The second kappa shape index (κ2) is 14.0. The summed E-state index contributed by atoms with van der Waals surface area (Å²) in [5, 5.41) is 3.35. The first-order valence-electron chi connectivity index (χ1n) is 12.7. The van der Waals surface area contributed by atoms with Gasteiger partial charge in [-0.05, 0) is 55.3 Å². The van der Waals surface area contributed by atoms with E-state index in [0.717, 1.165) is 16.3 Å². The molecule has 3 aromatic carbocycles. The van der Waals surface area contributed by atoms with Crippen molar-refractivity contribution in [2.45, 2.75) is 37.8 Å². The number of hydrogen-bond acceptors (Lipinski definition) is 6. The number of hydrogen-bond donors (Lipinski definition) is 1. The smallest absolute Gasteiger partial charge is 0.264 e. The summed E-state index contributed by atoms with van der Waals surface area (Å²) in [7, 11) is -1.29. The molecule has 0 aromatic heterocycles. The Hall–Kier alpha value is -3.76. The van der Waals surface area contributed by atoms with Gasteiger partial charge in [-0.1, -0.05) is 48.9 Å². The number of carbonyl (C=O) groups is 2. The Morgan fingerprint density at radius 3 is 2.20 bits per heavy atom. The van der Waals surface area contributed by atoms with Crippen LogP contribution in [-0.4, -0.2) is 58.5 Å². The van der Waals surface area contributed by atoms with E-state index in [2.05, 4.69) is 5.32 Å². The lowest BCUT2D eigenvalue weighted by Gasteiger charge is -2.32. The highest BCUT2D eigenvalue weighted by Crippen LogP contribution is 2.34. The van der Waals surface area contributed by atoms with Crippen LogP contribution in [-0.2, 0) is 26.2 Å². The minimum absolute atomic E-state index is 0.00979. The Bertz CT molecular complexity index is 1400. The van der Waals surface area contributed by atoms with Crippen LogP contribution in [0.3, 0.4) is 0 Å². The first-order valence-corrected chi connectivity index (χ1v) is 14.6. The standard InChI is InChI=1S/C29H34ClN3O6S/c1-5-17-31-29(35)21(2)32(19-22-11-13-23(30)14-12-22)28(34)20-33(40(36,37)25-9-7-6-8-10-25)24-15-16-26(38-3)27(18-24)39-4/h6-16,18,21H,5,17,19-20H2,1-4H3,(H,31,35)/t21-/m1/s1. The molecule has 0 aliphatic heterocycles. The normalized spacial score (nSPS) is 11.8. The average Bonchev–Trinajstić information content (AvgIpc) is 2.97. The van der Waals surface area contributed by atoms with Crippen LogP contribution in [0, 0.1) is 0 Å². The second-order valence-electron chi connectivity index (χ2n) is 8.98. The number of benzene rings is 3. The Morgan fingerprint density at radius 1 is 0.950 bits per heavy atom. The highest BCUT2D eigenvalue weighted by Gasteiger charge is 2.33. The molecule has 0 aliphatic carbocycles. The monoisotopic (exact) mass is 587 g/mol. The minimum Gasteiger partial charge on any atom is -0.493 e. The average molecular weight is 588 g/mol. The molecule has 0 bridgehead atoms. The van der Waals surface area contributed by atoms with Crippen LogP contribution in [0.25, 0.3) is 0 Å². The molecular weight excluding hydrogens is 554 g/mol. The van der Waals surface area contributed by atoms with Crippen LogP contribution in [0.5, 0.6) is 11.5 Å². The zero-order chi connectivity index (χ0) is 29.3. The van der Waals surface area contributed by atoms with Crippen molar-refractivity contribution >= 4 is 39.1 Å². The van der Waals surface area contributed by atoms with Crippen LogP contribution in [0.4, 0.5) is 5.69 Å². The van der Waals surface area contributed by atoms with Crippen LogP contribution in [0.15, 0.2) is 77.7 Å². The summed E-state index contributed by atoms with van der Waals surface area (Å²) >= 11 is 6.04. The molecule has 0 aliphatic rings. The molecule has 0 spiro atoms. The van der Waals surface area contributed by atoms with E-state index >= 15 is 0 Å². The lowest BCUT2D eigenvalue weighted by molar-refractivity contribution is -0.139. The molecule has 0 unspecified atom stereocenters. The number of sulfonamides is 1. The van der Waals surface area contributed by atoms with Crippen molar-refractivity contribution < 1.29 is 27.5 Å². The van der Waals surface area contributed by atoms with E-state index in [0.29, 0.717) is 23.1 Å². The van der Waals surface area contributed by atoms with Crippen molar-refractivity contribution in [1.29, 1.82) is 0 Å². The van der Waals surface area contributed by atoms with Gasteiger partial charge in [-0.2, -0.15) is 0 Å². The number of anilines is 1. The van der Waals surface area contributed by atoms with E-state index in [4.69, 9.17) is 21.1 Å². The van der Waals surface area contributed by atoms with Gasteiger partial charge in [-0.3, -0.25) is 13.9 Å². The zero-order valence-electron chi connectivity index (χ0n) is 23.0. The van der Waals surface area contributed by atoms with Gasteiger partial charge in [-0.15, -0.1) is 0 Å². The molecular formula is C29H34ClN3O6S. The fourth-order valence-corrected chi connectivity index (χ4v) is 5.55. The van der Waals surface area contributed by atoms with Gasteiger partial charge < -0.3 is 19.7 Å². The Kier molecular flexibility index (Phi) is 10.8. The maximum atomic E-state index is 13.9. The van der Waals surface area contributed by atoms with E-state index in [1.54, 1.807) is 55.5 Å². The van der Waals surface area contributed by atoms with Crippen molar-refractivity contribution in [3.63, 3.8) is 0 Å². The quantitative estimate of drug-likeness (QED) is 0.316. The van der Waals surface area contributed by atoms with Gasteiger partial charge in [0.25, 0.3) is 10.0 Å². The number of nitrogens with one attached hydrogen (secondary N) is 1. The van der Waals surface area contributed by atoms with E-state index < -0.39 is 28.5 Å². The van der Waals surface area contributed by atoms with E-state index in [-0.39, 0.29) is 23.0 Å². The fourth-order valence-electron chi connectivity index (χ4n) is 3.99. The summed E-state index contributed by atoms with van der Waals surface area (Å²) in [6, 6.07) is 18.5. The molecule has 40 heavy (non-hydrogen) atoms. The lowest BCUT2D eigenvalue weighted by Crippen LogP contribution is -2.51. The van der Waals surface area contributed by atoms with Crippen molar-refractivity contribution in [2.24, 2.45) is 0 Å². The predicted molar refractivity (Wildman–Crippen MR) is 155 cm³/mol. The van der Waals surface area contributed by atoms with Crippen molar-refractivity contribution in [3.05, 3.63) is 83.4 Å². The molecule has 0 fully saturated rings. The fraction of sp³-hybridized carbons (Fsp3) is 0.310. The predicted octanol–water partition coefficient (Wildman–Crippen LogP) is 4.50. The zero-order valence-corrected chi connectivity index (χ0v) is 24.5. The molecule has 1 N–H and O–H groups in total. The number of methoxy groups -OCH3 is 2. The summed E-state index contributed by atoms with van der Waals surface area (Å²) in [5.74, 6) is -0.206. The second-order valence-corrected chi connectivity index (χ2v) is 11.3. The molecule has 3 aromatic rings. The Balaban J connectivity index is 2.06. The molecule has 1 atom stereocenters. The largest absolute Gasteiger partial charge is 0.493 e. The van der Waals surface area contributed by atoms with Gasteiger partial charge in [0.2, 0.25) is 11.8 Å². The lowest BCUT2D eigenvalue weighted by atomic mass is 10.1. The van der Waals surface area contributed by atoms with Crippen molar-refractivity contribution in [2.75, 3.05) is 31.6 Å². The van der Waals surface area contributed by atoms with Crippen molar-refractivity contribution in [1.82, 2.24) is 10.2 Å². The van der Waals surface area contributed by atoms with Crippen LogP contribution < -0.4 is 19.1 Å². The highest BCUT2D eigenvalue weighted by molar-refractivity contribution is 7.92. The molecule has 0 saturated carbocycles. The summed E-state index contributed by atoms with van der Waals surface area (Å²) in [5.41, 5.74) is 0.931. The number of nitrogens with zero attached hydrogens (tertiary/aromatic N) is 2. The third-order valence-corrected chi connectivity index (χ3v) is 8.29. The molecule has 0 heterocycles. The summed E-state index contributed by atoms with van der Waals surface area (Å²) in [6.07, 6.45) is 0.728. The van der Waals surface area contributed by atoms with Gasteiger partial charge in [-0.25, -0.2) is 8.42 Å². The minimum atomic E-state index is -4.19. The van der Waals surface area contributed by atoms with Gasteiger partial charge in [0.05, 0.1) is 24.8 Å². The number of ether oxygens (including phenoxy) is 2. The van der Waals surface area contributed by atoms with Gasteiger partial charge >= 0.3 is 0 Å². The molecule has 2 amide bonds. The topological polar surface area (TPSA) is 105 Å². The maximum Gasteiger partial charge on any atom is 0.264 e. The summed E-state index contributed by atoms with van der Waals surface area (Å²) < 4.78 is 39.5. The number of rotatable bonds is 13. The third-order valence-electron chi connectivity index (χ3n) is 6.25. The van der Waals surface area contributed by atoms with Crippen LogP contribution >= 0.6 is 11.6 Å². The molecule has 0 radical (unpaired) electrons. The number of carbonyl (C=O) groups excluding carboxylic acids is 2. The molecule has 0 saturated heterocycles. The van der Waals surface area contributed by atoms with Crippen LogP contribution in [0.1, 0.15) is 25.8 Å². The molecule has 3 rings (SSSR count). The molecule has 214 valence electrons. The van der Waals surface area contributed by atoms with Gasteiger partial charge in [0.1, 0.15) is 12.6 Å². The molecule has 9 nitrogen and oxygen atoms in total. The SMILES string of the molecule is CCCNC(=O)[C@@H](C)N(Cc1ccc(Cl)cc1)C(=O)CN(c1ccc(OC)c(OC)c1)S(=O)(=O)c1ccccc1. The summed E-state index contributed by atoms with van der Waals surface area (Å²) in [6.45, 7) is 3.50. The van der Waals surface area contributed by atoms with Gasteiger partial charge in [0, 0.05) is 24.2 Å². The van der Waals surface area contributed by atoms with E-state index in [1.165, 1.54) is 43.4 Å². The van der Waals surface area contributed by atoms with E-state index in [1.807, 2.05) is 6.92 Å². The van der Waals surface area contributed by atoms with Crippen LogP contribution in [0.2, 0.25) is 5.02 Å². The number of amides is 2. The Morgan fingerprint density at radius 2 is 1.60 bits per heavy atom. The highest BCUT2D eigenvalue weighted by atomic mass is 35.5. The maximum absolute atomic E-state index is 13.9. The summed E-state index contributed by atoms with van der Waals surface area (Å²) in [4.78, 5) is 28.2. The Labute approximate surface area is 240 Å². The third kappa shape index (κ3) is 7.45. The first kappa shape index (κ1) is 30.8. The van der Waals surface area contributed by atoms with Gasteiger partial charge in [0.15, 0.2) is 11.5 Å². The molecule has 11 heteroatoms. The first-order chi connectivity index (χ1) is 19.1. The number of halogens is 1. The van der Waals surface area contributed by atoms with E-state index in [9.17, 15) is 18.0 Å². The van der Waals surface area contributed by atoms with Crippen molar-refractivity contribution in [3.8, 4) is 11.5 Å².